The van der Waals surface area contributed by atoms with E-state index in [2.05, 4.69) is 28.6 Å². The number of nitrogens with zero attached hydrogens (tertiary/aromatic N) is 1. The zero-order chi connectivity index (χ0) is 23.9. The lowest BCUT2D eigenvalue weighted by Gasteiger charge is -2.32. The third kappa shape index (κ3) is 8.16. The van der Waals surface area contributed by atoms with E-state index < -0.39 is 34.6 Å². The highest BCUT2D eigenvalue weighted by Gasteiger charge is 2.35. The van der Waals surface area contributed by atoms with Crippen molar-refractivity contribution in [3.8, 4) is 0 Å². The molecule has 0 aromatic rings. The van der Waals surface area contributed by atoms with Gasteiger partial charge in [-0.1, -0.05) is 34.6 Å². The number of carbonyl (C=O) groups excluding carboxylic acids is 5. The monoisotopic (exact) mass is 456 g/mol. The molecule has 0 aromatic carbocycles. The average Bonchev–Trinajstić information content (AvgIpc) is 2.99. The molecule has 10 heteroatoms. The van der Waals surface area contributed by atoms with Crippen molar-refractivity contribution in [1.82, 2.24) is 20.9 Å². The molecule has 3 atom stereocenters. The van der Waals surface area contributed by atoms with Gasteiger partial charge in [-0.15, -0.1) is 0 Å². The topological polar surface area (TPSA) is 125 Å². The summed E-state index contributed by atoms with van der Waals surface area (Å²) >= 11 is 4.30. The van der Waals surface area contributed by atoms with Gasteiger partial charge in [-0.2, -0.15) is 12.6 Å². The highest BCUT2D eigenvalue weighted by molar-refractivity contribution is 7.81. The van der Waals surface area contributed by atoms with E-state index in [0.717, 1.165) is 4.90 Å². The Hall–Kier alpha value is -2.10. The average molecular weight is 457 g/mol. The van der Waals surface area contributed by atoms with E-state index in [4.69, 9.17) is 0 Å². The second-order valence-corrected chi connectivity index (χ2v) is 9.98. The van der Waals surface area contributed by atoms with Gasteiger partial charge in [0.2, 0.25) is 29.5 Å². The fourth-order valence-corrected chi connectivity index (χ4v) is 3.48. The Morgan fingerprint density at radius 3 is 2.00 bits per heavy atom. The van der Waals surface area contributed by atoms with E-state index in [1.807, 2.05) is 34.6 Å². The van der Waals surface area contributed by atoms with Gasteiger partial charge in [-0.05, 0) is 24.2 Å². The van der Waals surface area contributed by atoms with Crippen LogP contribution in [0.5, 0.6) is 0 Å². The molecule has 0 aliphatic carbocycles. The molecule has 5 amide bonds. The Bertz CT molecular complexity index is 688. The van der Waals surface area contributed by atoms with Crippen molar-refractivity contribution >= 4 is 42.2 Å². The maximum Gasteiger partial charge on any atom is 0.243 e. The van der Waals surface area contributed by atoms with Gasteiger partial charge >= 0.3 is 0 Å². The predicted octanol–water partition coefficient (Wildman–Crippen LogP) is 0.632. The minimum absolute atomic E-state index is 0.113. The van der Waals surface area contributed by atoms with Crippen LogP contribution in [0.1, 0.15) is 60.3 Å². The molecule has 3 N–H and O–H groups in total. The first-order chi connectivity index (χ1) is 14.3. The maximum absolute atomic E-state index is 12.9. The predicted molar refractivity (Wildman–Crippen MR) is 120 cm³/mol. The van der Waals surface area contributed by atoms with Gasteiger partial charge in [0, 0.05) is 26.4 Å². The molecule has 0 unspecified atom stereocenters. The molecule has 9 nitrogen and oxygen atoms in total. The zero-order valence-electron chi connectivity index (χ0n) is 19.3. The molecule has 0 radical (unpaired) electrons. The molecule has 0 aromatic heterocycles. The van der Waals surface area contributed by atoms with Crippen LogP contribution < -0.4 is 16.0 Å². The highest BCUT2D eigenvalue weighted by atomic mass is 32.1. The van der Waals surface area contributed by atoms with E-state index in [-0.39, 0.29) is 49.4 Å². The fraction of sp³-hybridized carbons (Fsp3) is 0.762. The number of imide groups is 1. The van der Waals surface area contributed by atoms with Gasteiger partial charge in [0.1, 0.15) is 12.1 Å². The number of likely N-dealkylation sites (N-methyl/N-ethyl adjacent to an activating group) is 1. The van der Waals surface area contributed by atoms with E-state index >= 15 is 0 Å². The quantitative estimate of drug-likeness (QED) is 0.284. The molecular weight excluding hydrogens is 420 g/mol. The summed E-state index contributed by atoms with van der Waals surface area (Å²) in [5.74, 6) is -1.60. The molecule has 1 aliphatic rings. The molecule has 0 saturated carbocycles. The van der Waals surface area contributed by atoms with Gasteiger partial charge in [0.15, 0.2) is 0 Å². The smallest absolute Gasteiger partial charge is 0.243 e. The Kier molecular flexibility index (Phi) is 9.99. The fourth-order valence-electron chi connectivity index (χ4n) is 3.29. The summed E-state index contributed by atoms with van der Waals surface area (Å²) in [5.41, 5.74) is -0.525. The molecular formula is C21H36N4O5S. The molecule has 176 valence electrons. The van der Waals surface area contributed by atoms with E-state index in [0.29, 0.717) is 6.42 Å². The summed E-state index contributed by atoms with van der Waals surface area (Å²) in [6.07, 6.45) is 0.954. The second-order valence-electron chi connectivity index (χ2n) is 9.36. The van der Waals surface area contributed by atoms with Crippen LogP contribution in [0.25, 0.3) is 0 Å². The van der Waals surface area contributed by atoms with Crippen LogP contribution in [-0.4, -0.2) is 65.4 Å². The van der Waals surface area contributed by atoms with Gasteiger partial charge in [-0.3, -0.25) is 28.9 Å². The first kappa shape index (κ1) is 26.9. The minimum atomic E-state index is -0.841. The van der Waals surface area contributed by atoms with Crippen LogP contribution in [0, 0.1) is 11.3 Å². The molecule has 1 aliphatic heterocycles. The third-order valence-electron chi connectivity index (χ3n) is 5.08. The van der Waals surface area contributed by atoms with Crippen LogP contribution in [0.2, 0.25) is 0 Å². The Morgan fingerprint density at radius 1 is 1.00 bits per heavy atom. The largest absolute Gasteiger partial charge is 0.357 e. The molecule has 1 saturated heterocycles. The van der Waals surface area contributed by atoms with Crippen molar-refractivity contribution in [1.29, 1.82) is 0 Å². The number of likely N-dealkylation sites (tertiary alicyclic amines) is 1. The molecule has 0 spiro atoms. The molecule has 0 bridgehead atoms. The lowest BCUT2D eigenvalue weighted by atomic mass is 9.85. The van der Waals surface area contributed by atoms with E-state index in [1.54, 1.807) is 0 Å². The molecule has 1 rings (SSSR count). The van der Waals surface area contributed by atoms with Crippen LogP contribution in [0.4, 0.5) is 0 Å². The van der Waals surface area contributed by atoms with Crippen LogP contribution in [0.3, 0.4) is 0 Å². The summed E-state index contributed by atoms with van der Waals surface area (Å²) in [7, 11) is 1.50. The summed E-state index contributed by atoms with van der Waals surface area (Å²) in [4.78, 5) is 62.4. The number of hydrogen-bond acceptors (Lipinski definition) is 6. The first-order valence-electron chi connectivity index (χ1n) is 10.6. The minimum Gasteiger partial charge on any atom is -0.357 e. The van der Waals surface area contributed by atoms with Crippen LogP contribution in [-0.2, 0) is 24.0 Å². The van der Waals surface area contributed by atoms with E-state index in [1.165, 1.54) is 7.05 Å². The standard InChI is InChI=1S/C21H36N4O5S/c1-12(2)11-13(18(28)24-17(20(30)22-6)21(3,4)5)23-19(29)14(31)9-10-25-15(26)7-8-16(25)27/h12-14,17,31H,7-11H2,1-6H3,(H,22,30)(H,23,29)(H,24,28)/t13-,14-,17+/m0/s1. The highest BCUT2D eigenvalue weighted by Crippen LogP contribution is 2.20. The van der Waals surface area contributed by atoms with Gasteiger partial charge in [-0.25, -0.2) is 0 Å². The van der Waals surface area contributed by atoms with Crippen molar-refractivity contribution in [2.45, 2.75) is 77.6 Å². The Labute approximate surface area is 189 Å². The summed E-state index contributed by atoms with van der Waals surface area (Å²) in [5, 5.41) is 7.23. The summed E-state index contributed by atoms with van der Waals surface area (Å²) < 4.78 is 0. The van der Waals surface area contributed by atoms with Crippen molar-refractivity contribution in [3.63, 3.8) is 0 Å². The second kappa shape index (κ2) is 11.5. The number of rotatable bonds is 10. The van der Waals surface area contributed by atoms with Gasteiger partial charge in [0.05, 0.1) is 5.25 Å². The number of hydrogen-bond donors (Lipinski definition) is 4. The third-order valence-corrected chi connectivity index (χ3v) is 5.58. The number of amides is 5. The SMILES string of the molecule is CNC(=O)[C@@H](NC(=O)[C@H](CC(C)C)NC(=O)[C@@H](S)CCN1C(=O)CCC1=O)C(C)(C)C. The van der Waals surface area contributed by atoms with Crippen molar-refractivity contribution in [2.24, 2.45) is 11.3 Å². The van der Waals surface area contributed by atoms with Crippen molar-refractivity contribution in [3.05, 3.63) is 0 Å². The number of thiol groups is 1. The van der Waals surface area contributed by atoms with Crippen molar-refractivity contribution < 1.29 is 24.0 Å². The molecule has 1 fully saturated rings. The maximum atomic E-state index is 12.9. The molecule has 31 heavy (non-hydrogen) atoms. The lowest BCUT2D eigenvalue weighted by molar-refractivity contribution is -0.139. The Morgan fingerprint density at radius 2 is 1.55 bits per heavy atom. The zero-order valence-corrected chi connectivity index (χ0v) is 20.2. The van der Waals surface area contributed by atoms with Gasteiger partial charge < -0.3 is 16.0 Å². The normalized spacial score (nSPS) is 17.4. The Balaban J connectivity index is 2.80. The van der Waals surface area contributed by atoms with Crippen LogP contribution >= 0.6 is 12.6 Å². The van der Waals surface area contributed by atoms with Crippen LogP contribution in [0.15, 0.2) is 0 Å². The lowest BCUT2D eigenvalue weighted by Crippen LogP contribution is -2.58. The summed E-state index contributed by atoms with van der Waals surface area (Å²) in [6, 6.07) is -1.61. The molecule has 1 heterocycles. The van der Waals surface area contributed by atoms with E-state index in [9.17, 15) is 24.0 Å². The number of nitrogens with one attached hydrogen (secondary N) is 3. The summed E-state index contributed by atoms with van der Waals surface area (Å²) in [6.45, 7) is 9.49. The number of carbonyl (C=O) groups is 5. The van der Waals surface area contributed by atoms with Crippen molar-refractivity contribution in [2.75, 3.05) is 13.6 Å². The first-order valence-corrected chi connectivity index (χ1v) is 11.1. The van der Waals surface area contributed by atoms with Gasteiger partial charge in [0.25, 0.3) is 0 Å².